The number of hydrogen-bond acceptors (Lipinski definition) is 8. The summed E-state index contributed by atoms with van der Waals surface area (Å²) in [6.45, 7) is 32.8. The number of esters is 2. The van der Waals surface area contributed by atoms with Gasteiger partial charge in [0, 0.05) is 22.0 Å². The van der Waals surface area contributed by atoms with Crippen LogP contribution >= 0.6 is 0 Å². The van der Waals surface area contributed by atoms with Crippen LogP contribution in [0.3, 0.4) is 0 Å². The van der Waals surface area contributed by atoms with Crippen molar-refractivity contribution in [2.45, 2.75) is 165 Å². The van der Waals surface area contributed by atoms with Crippen molar-refractivity contribution in [2.75, 3.05) is 0 Å². The number of hydrogen-bond donors (Lipinski definition) is 0. The van der Waals surface area contributed by atoms with Crippen LogP contribution in [0.25, 0.3) is 0 Å². The first-order chi connectivity index (χ1) is 34.8. The predicted molar refractivity (Wildman–Crippen MR) is 298 cm³/mol. The highest BCUT2D eigenvalue weighted by molar-refractivity contribution is 6.02. The number of ketones is 2. The first-order valence-electron chi connectivity index (χ1n) is 26.3. The van der Waals surface area contributed by atoms with Crippen LogP contribution in [0.1, 0.15) is 201 Å². The van der Waals surface area contributed by atoms with Gasteiger partial charge in [0.2, 0.25) is 0 Å². The summed E-state index contributed by atoms with van der Waals surface area (Å²) in [4.78, 5) is 53.6. The molecule has 0 aliphatic heterocycles. The highest BCUT2D eigenvalue weighted by Crippen LogP contribution is 2.48. The fourth-order valence-corrected chi connectivity index (χ4v) is 10.2. The molecule has 390 valence electrons. The highest BCUT2D eigenvalue weighted by Gasteiger charge is 2.53. The van der Waals surface area contributed by atoms with E-state index in [1.54, 1.807) is 48.5 Å². The zero-order chi connectivity index (χ0) is 54.6. The van der Waals surface area contributed by atoms with Crippen molar-refractivity contribution in [1.82, 2.24) is 0 Å². The van der Waals surface area contributed by atoms with E-state index in [1.807, 2.05) is 57.2 Å². The minimum absolute atomic E-state index is 0.0287. The van der Waals surface area contributed by atoms with Crippen LogP contribution in [0.5, 0.6) is 23.0 Å². The van der Waals surface area contributed by atoms with Crippen molar-refractivity contribution >= 4 is 23.5 Å². The number of carbonyl (C=O) groups excluding carboxylic acids is 4. The molecule has 6 rings (SSSR count). The van der Waals surface area contributed by atoms with Gasteiger partial charge < -0.3 is 18.9 Å². The van der Waals surface area contributed by atoms with E-state index in [4.69, 9.17) is 18.9 Å². The monoisotopic (exact) mass is 999 g/mol. The lowest BCUT2D eigenvalue weighted by atomic mass is 9.63. The van der Waals surface area contributed by atoms with Gasteiger partial charge in [0.15, 0.2) is 11.6 Å². The topological polar surface area (TPSA) is 105 Å². The molecular formula is C66H78O8. The number of carbonyl (C=O) groups is 4. The molecule has 6 aromatic rings. The quantitative estimate of drug-likeness (QED) is 0.0399. The number of benzene rings is 6. The largest absolute Gasteiger partial charge is 0.488 e. The van der Waals surface area contributed by atoms with Crippen LogP contribution in [-0.2, 0) is 10.8 Å². The lowest BCUT2D eigenvalue weighted by molar-refractivity contribution is -0.0425. The van der Waals surface area contributed by atoms with Gasteiger partial charge in [-0.1, -0.05) is 135 Å². The minimum atomic E-state index is -0.887. The Bertz CT molecular complexity index is 3040. The lowest BCUT2D eigenvalue weighted by Gasteiger charge is -2.47. The van der Waals surface area contributed by atoms with Crippen molar-refractivity contribution in [3.8, 4) is 23.0 Å². The van der Waals surface area contributed by atoms with Crippen molar-refractivity contribution in [3.63, 3.8) is 0 Å². The smallest absolute Gasteiger partial charge is 0.343 e. The molecule has 0 aliphatic carbocycles. The van der Waals surface area contributed by atoms with Crippen molar-refractivity contribution in [3.05, 3.63) is 188 Å². The molecule has 0 heterocycles. The van der Waals surface area contributed by atoms with Crippen LogP contribution < -0.4 is 18.9 Å². The second-order valence-corrected chi connectivity index (χ2v) is 22.1. The highest BCUT2D eigenvalue weighted by atomic mass is 16.5. The Balaban J connectivity index is 1.16. The van der Waals surface area contributed by atoms with E-state index < -0.39 is 28.4 Å². The third-order valence-electron chi connectivity index (χ3n) is 15.8. The second kappa shape index (κ2) is 22.4. The number of ether oxygens (including phenoxy) is 4. The predicted octanol–water partition coefficient (Wildman–Crippen LogP) is 16.4. The van der Waals surface area contributed by atoms with Gasteiger partial charge in [0.05, 0.1) is 16.5 Å². The fraction of sp³-hybridized carbons (Fsp3) is 0.394. The SMILES string of the molecule is CCCC(C)(Oc1ccc(C(C)(C)c2ccc(OC(=O)c3cccc(C(C)=O)c3)c(C)c2)cc1C)C(CC)(CC)C(=O)c1ccc(C(=O)Oc2ccc(C(C)(C)c3ccc(OC(C)(C)CC)c(C)c3)cc2C)cc1. The van der Waals surface area contributed by atoms with Gasteiger partial charge in [-0.25, -0.2) is 9.59 Å². The first kappa shape index (κ1) is 56.5. The van der Waals surface area contributed by atoms with E-state index >= 15 is 0 Å². The maximum Gasteiger partial charge on any atom is 0.343 e. The van der Waals surface area contributed by atoms with Crippen molar-refractivity contribution in [1.29, 1.82) is 0 Å². The molecule has 0 saturated heterocycles. The molecule has 0 radical (unpaired) electrons. The molecule has 74 heavy (non-hydrogen) atoms. The summed E-state index contributed by atoms with van der Waals surface area (Å²) in [6.07, 6.45) is 3.44. The third kappa shape index (κ3) is 11.8. The maximum atomic E-state index is 15.0. The normalized spacial score (nSPS) is 12.9. The number of Topliss-reactive ketones (excluding diaryl/α,β-unsaturated/α-hetero) is 2. The third-order valence-corrected chi connectivity index (χ3v) is 15.8. The van der Waals surface area contributed by atoms with E-state index in [0.29, 0.717) is 58.8 Å². The molecule has 0 N–H and O–H groups in total. The summed E-state index contributed by atoms with van der Waals surface area (Å²) in [5.74, 6) is 1.35. The van der Waals surface area contributed by atoms with E-state index in [1.165, 1.54) is 6.92 Å². The summed E-state index contributed by atoms with van der Waals surface area (Å²) in [5.41, 5.74) is 6.90. The van der Waals surface area contributed by atoms with E-state index in [9.17, 15) is 19.2 Å². The Morgan fingerprint density at radius 3 is 1.22 bits per heavy atom. The average molecular weight is 999 g/mol. The molecule has 8 nitrogen and oxygen atoms in total. The van der Waals surface area contributed by atoms with E-state index in [-0.39, 0.29) is 22.6 Å². The van der Waals surface area contributed by atoms with Crippen LogP contribution in [0.15, 0.2) is 121 Å². The summed E-state index contributed by atoms with van der Waals surface area (Å²) in [6, 6.07) is 37.8. The van der Waals surface area contributed by atoms with Crippen LogP contribution in [0.4, 0.5) is 0 Å². The minimum Gasteiger partial charge on any atom is -0.488 e. The van der Waals surface area contributed by atoms with Gasteiger partial charge in [0.25, 0.3) is 0 Å². The average Bonchev–Trinajstić information content (AvgIpc) is 3.36. The van der Waals surface area contributed by atoms with Gasteiger partial charge in [-0.05, 0) is 174 Å². The van der Waals surface area contributed by atoms with Crippen LogP contribution in [0.2, 0.25) is 0 Å². The molecule has 0 bridgehead atoms. The lowest BCUT2D eigenvalue weighted by Crippen LogP contribution is -2.54. The van der Waals surface area contributed by atoms with Gasteiger partial charge in [-0.15, -0.1) is 0 Å². The zero-order valence-corrected chi connectivity index (χ0v) is 46.8. The van der Waals surface area contributed by atoms with E-state index in [0.717, 1.165) is 63.1 Å². The fourth-order valence-electron chi connectivity index (χ4n) is 10.2. The van der Waals surface area contributed by atoms with Crippen LogP contribution in [-0.4, -0.2) is 34.7 Å². The Hall–Kier alpha value is -6.80. The Labute approximate surface area is 441 Å². The summed E-state index contributed by atoms with van der Waals surface area (Å²) in [5, 5.41) is 0. The molecule has 8 heteroatoms. The second-order valence-electron chi connectivity index (χ2n) is 22.1. The molecule has 0 spiro atoms. The summed E-state index contributed by atoms with van der Waals surface area (Å²) < 4.78 is 25.2. The summed E-state index contributed by atoms with van der Waals surface area (Å²) in [7, 11) is 0. The maximum absolute atomic E-state index is 15.0. The molecule has 0 aliphatic rings. The van der Waals surface area contributed by atoms with Gasteiger partial charge >= 0.3 is 11.9 Å². The molecule has 0 fully saturated rings. The molecule has 0 saturated carbocycles. The van der Waals surface area contributed by atoms with Gasteiger partial charge in [-0.2, -0.15) is 0 Å². The molecule has 6 aromatic carbocycles. The standard InChI is InChI=1S/C66H78O8/c1-17-36-65(16,74-58-35-31-54(40-45(58)8)64(14,15)52-29-33-56(43(6)38-52)72-61(70)50-23-21-22-49(41-50)46(9)67)66(19-3,20-4)59(68)47-24-26-48(27-25-47)60(69)71-55-32-28-51(37-42(55)5)63(12,13)53-30-34-57(44(7)39-53)73-62(10,11)18-2/h21-35,37-41H,17-20,36H2,1-16H3. The molecule has 0 aromatic heterocycles. The van der Waals surface area contributed by atoms with Crippen LogP contribution in [0, 0.1) is 33.1 Å². The molecule has 1 unspecified atom stereocenters. The van der Waals surface area contributed by atoms with Crippen molar-refractivity contribution in [2.24, 2.45) is 5.41 Å². The van der Waals surface area contributed by atoms with Gasteiger partial charge in [0.1, 0.15) is 34.2 Å². The first-order valence-corrected chi connectivity index (χ1v) is 26.3. The Morgan fingerprint density at radius 1 is 0.432 bits per heavy atom. The number of aryl methyl sites for hydroxylation is 4. The van der Waals surface area contributed by atoms with E-state index in [2.05, 4.69) is 119 Å². The molecular weight excluding hydrogens is 921 g/mol. The van der Waals surface area contributed by atoms with Gasteiger partial charge in [-0.3, -0.25) is 9.59 Å². The summed E-state index contributed by atoms with van der Waals surface area (Å²) >= 11 is 0. The number of rotatable bonds is 21. The Kier molecular flexibility index (Phi) is 17.1. The zero-order valence-electron chi connectivity index (χ0n) is 46.8. The Morgan fingerprint density at radius 2 is 0.824 bits per heavy atom. The molecule has 0 amide bonds. The molecule has 1 atom stereocenters. The van der Waals surface area contributed by atoms with Crippen molar-refractivity contribution < 1.29 is 38.1 Å².